The van der Waals surface area contributed by atoms with Crippen molar-refractivity contribution < 1.29 is 14.0 Å². The van der Waals surface area contributed by atoms with Crippen molar-refractivity contribution in [2.75, 3.05) is 11.9 Å². The summed E-state index contributed by atoms with van der Waals surface area (Å²) in [6, 6.07) is 9.89. The number of nitrogens with one attached hydrogen (secondary N) is 1. The SMILES string of the molecule is NC(=O)N1CCn2nc(-c3cccc(F)c3)c(C(=O)Nc3ccc(Cl)cc3Cl)c2C1. The van der Waals surface area contributed by atoms with Crippen LogP contribution >= 0.6 is 23.2 Å². The zero-order chi connectivity index (χ0) is 21.4. The summed E-state index contributed by atoms with van der Waals surface area (Å²) in [5, 5.41) is 7.95. The number of amides is 3. The number of urea groups is 1. The summed E-state index contributed by atoms with van der Waals surface area (Å²) >= 11 is 12.1. The van der Waals surface area contributed by atoms with E-state index in [-0.39, 0.29) is 17.1 Å². The number of hydrogen-bond donors (Lipinski definition) is 2. The van der Waals surface area contributed by atoms with Crippen molar-refractivity contribution in [1.29, 1.82) is 0 Å². The number of hydrogen-bond acceptors (Lipinski definition) is 3. The molecule has 3 N–H and O–H groups in total. The summed E-state index contributed by atoms with van der Waals surface area (Å²) in [5.41, 5.74) is 7.25. The number of rotatable bonds is 3. The molecule has 7 nitrogen and oxygen atoms in total. The van der Waals surface area contributed by atoms with Crippen molar-refractivity contribution in [3.63, 3.8) is 0 Å². The van der Waals surface area contributed by atoms with Gasteiger partial charge in [-0.15, -0.1) is 0 Å². The zero-order valence-electron chi connectivity index (χ0n) is 15.5. The van der Waals surface area contributed by atoms with Crippen LogP contribution in [0.4, 0.5) is 14.9 Å². The van der Waals surface area contributed by atoms with Crippen LogP contribution < -0.4 is 11.1 Å². The third-order valence-corrected chi connectivity index (χ3v) is 5.34. The Hall–Kier alpha value is -3.10. The number of nitrogens with zero attached hydrogens (tertiary/aromatic N) is 3. The number of carbonyl (C=O) groups excluding carboxylic acids is 2. The lowest BCUT2D eigenvalue weighted by Crippen LogP contribution is -2.42. The molecule has 0 bridgehead atoms. The topological polar surface area (TPSA) is 93.2 Å². The molecule has 154 valence electrons. The molecule has 30 heavy (non-hydrogen) atoms. The highest BCUT2D eigenvalue weighted by molar-refractivity contribution is 6.36. The highest BCUT2D eigenvalue weighted by Crippen LogP contribution is 2.31. The van der Waals surface area contributed by atoms with Crippen LogP contribution in [0, 0.1) is 5.82 Å². The van der Waals surface area contributed by atoms with Gasteiger partial charge in [-0.05, 0) is 30.3 Å². The fourth-order valence-electron chi connectivity index (χ4n) is 3.36. The number of primary amides is 1. The van der Waals surface area contributed by atoms with Gasteiger partial charge >= 0.3 is 6.03 Å². The monoisotopic (exact) mass is 447 g/mol. The first-order valence-corrected chi connectivity index (χ1v) is 9.75. The van der Waals surface area contributed by atoms with Crippen molar-refractivity contribution in [2.24, 2.45) is 5.73 Å². The van der Waals surface area contributed by atoms with Gasteiger partial charge in [0.15, 0.2) is 0 Å². The van der Waals surface area contributed by atoms with Gasteiger partial charge in [0.2, 0.25) is 0 Å². The van der Waals surface area contributed by atoms with Crippen molar-refractivity contribution in [3.8, 4) is 11.3 Å². The molecule has 0 saturated heterocycles. The van der Waals surface area contributed by atoms with Crippen molar-refractivity contribution >= 4 is 40.8 Å². The molecular formula is C20H16Cl2FN5O2. The fourth-order valence-corrected chi connectivity index (χ4v) is 3.81. The molecule has 0 aliphatic carbocycles. The molecule has 3 aromatic rings. The molecule has 2 heterocycles. The number of nitrogens with two attached hydrogens (primary N) is 1. The minimum absolute atomic E-state index is 0.106. The second-order valence-corrected chi connectivity index (χ2v) is 7.59. The smallest absolute Gasteiger partial charge is 0.315 e. The third-order valence-electron chi connectivity index (χ3n) is 4.80. The van der Waals surface area contributed by atoms with Crippen LogP contribution in [0.25, 0.3) is 11.3 Å². The Morgan fingerprint density at radius 2 is 1.93 bits per heavy atom. The van der Waals surface area contributed by atoms with E-state index >= 15 is 0 Å². The van der Waals surface area contributed by atoms with E-state index in [1.807, 2.05) is 0 Å². The van der Waals surface area contributed by atoms with Gasteiger partial charge in [0.05, 0.1) is 35.1 Å². The number of fused-ring (bicyclic) bond motifs is 1. The molecule has 0 spiro atoms. The molecular weight excluding hydrogens is 432 g/mol. The highest BCUT2D eigenvalue weighted by atomic mass is 35.5. The average Bonchev–Trinajstić information content (AvgIpc) is 3.09. The van der Waals surface area contributed by atoms with E-state index < -0.39 is 17.8 Å². The van der Waals surface area contributed by atoms with Crippen LogP contribution in [0.1, 0.15) is 16.1 Å². The molecule has 0 atom stereocenters. The van der Waals surface area contributed by atoms with Gasteiger partial charge in [0, 0.05) is 17.1 Å². The van der Waals surface area contributed by atoms with Gasteiger partial charge in [-0.25, -0.2) is 9.18 Å². The molecule has 1 aliphatic rings. The number of benzene rings is 2. The van der Waals surface area contributed by atoms with Crippen LogP contribution in [-0.2, 0) is 13.1 Å². The van der Waals surface area contributed by atoms with Gasteiger partial charge in [0.25, 0.3) is 5.91 Å². The van der Waals surface area contributed by atoms with E-state index in [0.717, 1.165) is 0 Å². The predicted octanol–water partition coefficient (Wildman–Crippen LogP) is 4.14. The quantitative estimate of drug-likeness (QED) is 0.631. The first-order valence-electron chi connectivity index (χ1n) is 9.00. The molecule has 3 amide bonds. The predicted molar refractivity (Wildman–Crippen MR) is 112 cm³/mol. The molecule has 1 aromatic heterocycles. The van der Waals surface area contributed by atoms with Crippen LogP contribution in [-0.4, -0.2) is 33.2 Å². The first kappa shape index (κ1) is 20.2. The Morgan fingerprint density at radius 3 is 2.63 bits per heavy atom. The van der Waals surface area contributed by atoms with Crippen molar-refractivity contribution in [1.82, 2.24) is 14.7 Å². The minimum atomic E-state index is -0.596. The number of carbonyl (C=O) groups is 2. The molecule has 0 radical (unpaired) electrons. The van der Waals surface area contributed by atoms with E-state index in [0.29, 0.717) is 40.8 Å². The van der Waals surface area contributed by atoms with Gasteiger partial charge in [0.1, 0.15) is 11.5 Å². The number of anilines is 1. The second kappa shape index (κ2) is 7.97. The van der Waals surface area contributed by atoms with Crippen molar-refractivity contribution in [2.45, 2.75) is 13.1 Å². The van der Waals surface area contributed by atoms with Gasteiger partial charge < -0.3 is 16.0 Å². The van der Waals surface area contributed by atoms with Crippen molar-refractivity contribution in [3.05, 3.63) is 69.6 Å². The molecule has 10 heteroatoms. The Kier molecular flexibility index (Phi) is 5.36. The third kappa shape index (κ3) is 3.83. The van der Waals surface area contributed by atoms with E-state index in [1.165, 1.54) is 29.2 Å². The van der Waals surface area contributed by atoms with E-state index in [4.69, 9.17) is 28.9 Å². The maximum absolute atomic E-state index is 13.8. The van der Waals surface area contributed by atoms with E-state index in [1.54, 1.807) is 22.9 Å². The lowest BCUT2D eigenvalue weighted by molar-refractivity contribution is 0.102. The Morgan fingerprint density at radius 1 is 1.13 bits per heavy atom. The maximum Gasteiger partial charge on any atom is 0.315 e. The average molecular weight is 448 g/mol. The van der Waals surface area contributed by atoms with E-state index in [9.17, 15) is 14.0 Å². The highest BCUT2D eigenvalue weighted by Gasteiger charge is 2.30. The van der Waals surface area contributed by atoms with Crippen LogP contribution in [0.15, 0.2) is 42.5 Å². The Bertz CT molecular complexity index is 1160. The zero-order valence-corrected chi connectivity index (χ0v) is 17.0. The lowest BCUT2D eigenvalue weighted by Gasteiger charge is -2.26. The molecule has 4 rings (SSSR count). The Labute approximate surface area is 181 Å². The van der Waals surface area contributed by atoms with Gasteiger partial charge in [-0.3, -0.25) is 9.48 Å². The standard InChI is InChI=1S/C20H16Cl2FN5O2/c21-12-4-5-15(14(22)9-12)25-19(29)17-16-10-27(20(24)30)6-7-28(16)26-18(17)11-2-1-3-13(23)8-11/h1-5,8-9H,6-7,10H2,(H2,24,30)(H,25,29). The van der Waals surface area contributed by atoms with E-state index in [2.05, 4.69) is 10.4 Å². The van der Waals surface area contributed by atoms with Gasteiger partial charge in [-0.2, -0.15) is 5.10 Å². The summed E-state index contributed by atoms with van der Waals surface area (Å²) in [5.74, 6) is -0.949. The van der Waals surface area contributed by atoms with Gasteiger partial charge in [-0.1, -0.05) is 35.3 Å². The summed E-state index contributed by atoms with van der Waals surface area (Å²) in [4.78, 5) is 26.3. The maximum atomic E-state index is 13.8. The second-order valence-electron chi connectivity index (χ2n) is 6.74. The lowest BCUT2D eigenvalue weighted by atomic mass is 10.0. The summed E-state index contributed by atoms with van der Waals surface area (Å²) < 4.78 is 15.5. The molecule has 1 aliphatic heterocycles. The Balaban J connectivity index is 1.80. The summed E-state index contributed by atoms with van der Waals surface area (Å²) in [6.45, 7) is 0.820. The normalized spacial score (nSPS) is 13.1. The molecule has 0 saturated carbocycles. The number of halogens is 3. The first-order chi connectivity index (χ1) is 14.3. The fraction of sp³-hybridized carbons (Fsp3) is 0.150. The van der Waals surface area contributed by atoms with Crippen LogP contribution in [0.5, 0.6) is 0 Å². The number of aromatic nitrogens is 2. The molecule has 0 unspecified atom stereocenters. The molecule has 0 fully saturated rings. The molecule has 2 aromatic carbocycles. The summed E-state index contributed by atoms with van der Waals surface area (Å²) in [7, 11) is 0. The minimum Gasteiger partial charge on any atom is -0.351 e. The summed E-state index contributed by atoms with van der Waals surface area (Å²) in [6.07, 6.45) is 0. The van der Waals surface area contributed by atoms with Crippen LogP contribution in [0.2, 0.25) is 10.0 Å². The van der Waals surface area contributed by atoms with Crippen LogP contribution in [0.3, 0.4) is 0 Å². The largest absolute Gasteiger partial charge is 0.351 e.